The standard InChI is InChI=1S/C18H25N/c1-6-9-10-18(8-3)19-13-17-12-14(4)16(7-2)11-15(17)5/h6,8-12,19H,3,7,13H2,1-2,4-5H3/b9-6-,18-10+. The zero-order chi connectivity index (χ0) is 14.3. The lowest BCUT2D eigenvalue weighted by atomic mass is 9.98. The fourth-order valence-electron chi connectivity index (χ4n) is 2.10. The molecule has 1 nitrogen and oxygen atoms in total. The molecule has 0 aliphatic rings. The van der Waals surface area contributed by atoms with Gasteiger partial charge < -0.3 is 5.32 Å². The average molecular weight is 255 g/mol. The number of aryl methyl sites for hydroxylation is 3. The van der Waals surface area contributed by atoms with Crippen LogP contribution < -0.4 is 5.32 Å². The lowest BCUT2D eigenvalue weighted by Gasteiger charge is -2.13. The van der Waals surface area contributed by atoms with Crippen LogP contribution in [0.25, 0.3) is 0 Å². The van der Waals surface area contributed by atoms with E-state index in [1.807, 2.05) is 31.2 Å². The predicted molar refractivity (Wildman–Crippen MR) is 85.2 cm³/mol. The Morgan fingerprint density at radius 1 is 1.21 bits per heavy atom. The van der Waals surface area contributed by atoms with Crippen molar-refractivity contribution in [2.45, 2.75) is 40.7 Å². The van der Waals surface area contributed by atoms with E-state index in [0.717, 1.165) is 18.7 Å². The molecule has 1 N–H and O–H groups in total. The van der Waals surface area contributed by atoms with Gasteiger partial charge in [-0.2, -0.15) is 0 Å². The molecule has 0 aliphatic carbocycles. The quantitative estimate of drug-likeness (QED) is 0.732. The summed E-state index contributed by atoms with van der Waals surface area (Å²) in [5.74, 6) is 0. The number of benzene rings is 1. The molecule has 102 valence electrons. The maximum Gasteiger partial charge on any atom is 0.0403 e. The van der Waals surface area contributed by atoms with Gasteiger partial charge in [-0.05, 0) is 61.6 Å². The smallest absolute Gasteiger partial charge is 0.0403 e. The van der Waals surface area contributed by atoms with E-state index in [9.17, 15) is 0 Å². The lowest BCUT2D eigenvalue weighted by Crippen LogP contribution is -2.12. The molecule has 1 aromatic rings. The molecule has 0 saturated heterocycles. The largest absolute Gasteiger partial charge is 0.381 e. The van der Waals surface area contributed by atoms with Crippen LogP contribution in [0, 0.1) is 13.8 Å². The summed E-state index contributed by atoms with van der Waals surface area (Å²) in [6.45, 7) is 13.2. The monoisotopic (exact) mass is 255 g/mol. The van der Waals surface area contributed by atoms with Crippen molar-refractivity contribution in [2.24, 2.45) is 0 Å². The molecule has 1 aromatic carbocycles. The van der Waals surface area contributed by atoms with E-state index in [2.05, 4.69) is 44.8 Å². The van der Waals surface area contributed by atoms with Crippen LogP contribution in [0.4, 0.5) is 0 Å². The normalized spacial score (nSPS) is 11.9. The van der Waals surface area contributed by atoms with E-state index in [0.29, 0.717) is 0 Å². The van der Waals surface area contributed by atoms with Gasteiger partial charge in [0.2, 0.25) is 0 Å². The predicted octanol–water partition coefficient (Wildman–Crippen LogP) is 4.60. The summed E-state index contributed by atoms with van der Waals surface area (Å²) < 4.78 is 0. The summed E-state index contributed by atoms with van der Waals surface area (Å²) in [4.78, 5) is 0. The van der Waals surface area contributed by atoms with Crippen molar-refractivity contribution in [2.75, 3.05) is 0 Å². The molecule has 0 atom stereocenters. The van der Waals surface area contributed by atoms with Crippen molar-refractivity contribution in [3.63, 3.8) is 0 Å². The van der Waals surface area contributed by atoms with Gasteiger partial charge in [-0.15, -0.1) is 0 Å². The van der Waals surface area contributed by atoms with Gasteiger partial charge in [0, 0.05) is 12.2 Å². The molecular weight excluding hydrogens is 230 g/mol. The molecule has 0 radical (unpaired) electrons. The minimum Gasteiger partial charge on any atom is -0.381 e. The number of hydrogen-bond acceptors (Lipinski definition) is 1. The average Bonchev–Trinajstić information content (AvgIpc) is 2.42. The molecule has 19 heavy (non-hydrogen) atoms. The highest BCUT2D eigenvalue weighted by atomic mass is 14.9. The van der Waals surface area contributed by atoms with Crippen LogP contribution >= 0.6 is 0 Å². The summed E-state index contributed by atoms with van der Waals surface area (Å²) in [7, 11) is 0. The number of nitrogens with one attached hydrogen (secondary N) is 1. The van der Waals surface area contributed by atoms with E-state index < -0.39 is 0 Å². The third-order valence-corrected chi connectivity index (χ3v) is 3.35. The van der Waals surface area contributed by atoms with Crippen molar-refractivity contribution in [3.05, 3.63) is 71.0 Å². The highest BCUT2D eigenvalue weighted by Crippen LogP contribution is 2.17. The highest BCUT2D eigenvalue weighted by Gasteiger charge is 2.03. The Kier molecular flexibility index (Phi) is 6.14. The van der Waals surface area contributed by atoms with Crippen LogP contribution in [0.1, 0.15) is 36.1 Å². The summed E-state index contributed by atoms with van der Waals surface area (Å²) in [5, 5.41) is 3.42. The summed E-state index contributed by atoms with van der Waals surface area (Å²) in [6.07, 6.45) is 9.01. The van der Waals surface area contributed by atoms with Crippen LogP contribution in [-0.2, 0) is 13.0 Å². The molecule has 0 unspecified atom stereocenters. The van der Waals surface area contributed by atoms with Crippen molar-refractivity contribution >= 4 is 0 Å². The number of hydrogen-bond donors (Lipinski definition) is 1. The van der Waals surface area contributed by atoms with Gasteiger partial charge in [0.15, 0.2) is 0 Å². The molecular formula is C18H25N. The molecule has 0 amide bonds. The van der Waals surface area contributed by atoms with Crippen molar-refractivity contribution in [1.82, 2.24) is 5.32 Å². The maximum atomic E-state index is 3.83. The molecule has 0 heterocycles. The van der Waals surface area contributed by atoms with Crippen LogP contribution in [0.2, 0.25) is 0 Å². The first kappa shape index (κ1) is 15.3. The van der Waals surface area contributed by atoms with E-state index in [4.69, 9.17) is 0 Å². The van der Waals surface area contributed by atoms with E-state index >= 15 is 0 Å². The molecule has 1 heteroatoms. The van der Waals surface area contributed by atoms with Crippen LogP contribution in [0.15, 0.2) is 48.7 Å². The van der Waals surface area contributed by atoms with Gasteiger partial charge in [-0.3, -0.25) is 0 Å². The second-order valence-corrected chi connectivity index (χ2v) is 4.76. The second-order valence-electron chi connectivity index (χ2n) is 4.76. The van der Waals surface area contributed by atoms with Crippen LogP contribution in [0.5, 0.6) is 0 Å². The SMILES string of the molecule is C=C/C(=C\C=C/C)NCc1cc(C)c(CC)cc1C. The first-order valence-corrected chi connectivity index (χ1v) is 6.90. The molecule has 0 saturated carbocycles. The van der Waals surface area contributed by atoms with Gasteiger partial charge in [-0.25, -0.2) is 0 Å². The van der Waals surface area contributed by atoms with Gasteiger partial charge in [-0.1, -0.05) is 37.8 Å². The minimum absolute atomic E-state index is 0.839. The zero-order valence-corrected chi connectivity index (χ0v) is 12.6. The summed E-state index contributed by atoms with van der Waals surface area (Å²) >= 11 is 0. The van der Waals surface area contributed by atoms with Crippen molar-refractivity contribution in [3.8, 4) is 0 Å². The van der Waals surface area contributed by atoms with E-state index in [-0.39, 0.29) is 0 Å². The Labute approximate surface area is 117 Å². The summed E-state index contributed by atoms with van der Waals surface area (Å²) in [6, 6.07) is 4.59. The zero-order valence-electron chi connectivity index (χ0n) is 12.6. The topological polar surface area (TPSA) is 12.0 Å². The van der Waals surface area contributed by atoms with Crippen LogP contribution in [-0.4, -0.2) is 0 Å². The Bertz CT molecular complexity index is 493. The van der Waals surface area contributed by atoms with Crippen LogP contribution in [0.3, 0.4) is 0 Å². The van der Waals surface area contributed by atoms with Gasteiger partial charge in [0.1, 0.15) is 0 Å². The highest BCUT2D eigenvalue weighted by molar-refractivity contribution is 5.37. The first-order valence-electron chi connectivity index (χ1n) is 6.90. The lowest BCUT2D eigenvalue weighted by molar-refractivity contribution is 0.825. The first-order chi connectivity index (χ1) is 9.12. The second kappa shape index (κ2) is 7.63. The molecule has 0 aliphatic heterocycles. The fraction of sp³-hybridized carbons (Fsp3) is 0.333. The minimum atomic E-state index is 0.839. The summed E-state index contributed by atoms with van der Waals surface area (Å²) in [5.41, 5.74) is 6.57. The fourth-order valence-corrected chi connectivity index (χ4v) is 2.10. The molecule has 0 aromatic heterocycles. The van der Waals surface area contributed by atoms with Crippen molar-refractivity contribution in [1.29, 1.82) is 0 Å². The third-order valence-electron chi connectivity index (χ3n) is 3.35. The Morgan fingerprint density at radius 2 is 1.84 bits per heavy atom. The number of rotatable bonds is 6. The molecule has 1 rings (SSSR count). The third kappa shape index (κ3) is 4.44. The van der Waals surface area contributed by atoms with E-state index in [1.54, 1.807) is 0 Å². The molecule has 0 spiro atoms. The van der Waals surface area contributed by atoms with Gasteiger partial charge >= 0.3 is 0 Å². The Hall–Kier alpha value is -1.76. The van der Waals surface area contributed by atoms with Gasteiger partial charge in [0.25, 0.3) is 0 Å². The van der Waals surface area contributed by atoms with E-state index in [1.165, 1.54) is 22.3 Å². The number of allylic oxidation sites excluding steroid dienone is 4. The maximum absolute atomic E-state index is 3.83. The molecule has 0 fully saturated rings. The Morgan fingerprint density at radius 3 is 2.42 bits per heavy atom. The van der Waals surface area contributed by atoms with Gasteiger partial charge in [0.05, 0.1) is 0 Å². The molecule has 0 bridgehead atoms. The van der Waals surface area contributed by atoms with Crippen molar-refractivity contribution < 1.29 is 0 Å². The Balaban J connectivity index is 2.83.